The Labute approximate surface area is 111 Å². The predicted octanol–water partition coefficient (Wildman–Crippen LogP) is 2.69. The van der Waals surface area contributed by atoms with Gasteiger partial charge in [0.2, 0.25) is 5.91 Å². The second kappa shape index (κ2) is 4.91. The Morgan fingerprint density at radius 3 is 3.06 bits per heavy atom. The van der Waals surface area contributed by atoms with Gasteiger partial charge in [0.05, 0.1) is 22.9 Å². The van der Waals surface area contributed by atoms with Crippen molar-refractivity contribution < 1.29 is 4.79 Å². The molecule has 5 heteroatoms. The molecule has 0 aromatic heterocycles. The highest BCUT2D eigenvalue weighted by molar-refractivity contribution is 8.00. The molecule has 18 heavy (non-hydrogen) atoms. The molecule has 1 aliphatic heterocycles. The second-order valence-corrected chi connectivity index (χ2v) is 5.91. The minimum Gasteiger partial charge on any atom is -0.383 e. The van der Waals surface area contributed by atoms with Gasteiger partial charge in [-0.25, -0.2) is 0 Å². The van der Waals surface area contributed by atoms with Crippen LogP contribution in [-0.2, 0) is 4.79 Å². The van der Waals surface area contributed by atoms with Crippen molar-refractivity contribution in [1.29, 1.82) is 5.26 Å². The van der Waals surface area contributed by atoms with E-state index in [1.54, 1.807) is 11.8 Å². The van der Waals surface area contributed by atoms with Crippen LogP contribution in [0.4, 0.5) is 11.4 Å². The monoisotopic (exact) mass is 261 g/mol. The van der Waals surface area contributed by atoms with Crippen molar-refractivity contribution in [1.82, 2.24) is 0 Å². The van der Waals surface area contributed by atoms with Crippen LogP contribution in [0.1, 0.15) is 13.8 Å². The van der Waals surface area contributed by atoms with Crippen molar-refractivity contribution in [2.75, 3.05) is 22.9 Å². The first-order valence-electron chi connectivity index (χ1n) is 5.72. The van der Waals surface area contributed by atoms with Gasteiger partial charge in [-0.15, -0.1) is 11.8 Å². The number of thioether (sulfide) groups is 1. The van der Waals surface area contributed by atoms with Gasteiger partial charge in [-0.05, 0) is 32.0 Å². The maximum Gasteiger partial charge on any atom is 0.234 e. The van der Waals surface area contributed by atoms with Crippen molar-refractivity contribution in [3.63, 3.8) is 0 Å². The fourth-order valence-corrected chi connectivity index (χ4v) is 2.34. The third kappa shape index (κ3) is 2.96. The Morgan fingerprint density at radius 2 is 2.33 bits per heavy atom. The van der Waals surface area contributed by atoms with E-state index in [1.165, 1.54) is 0 Å². The average molecular weight is 261 g/mol. The lowest BCUT2D eigenvalue weighted by Gasteiger charge is -2.20. The molecular weight excluding hydrogens is 246 g/mol. The Kier molecular flexibility index (Phi) is 3.48. The van der Waals surface area contributed by atoms with E-state index < -0.39 is 5.41 Å². The van der Waals surface area contributed by atoms with Crippen LogP contribution in [0.2, 0.25) is 0 Å². The number of nitrogens with one attached hydrogen (secondary N) is 2. The van der Waals surface area contributed by atoms with E-state index in [4.69, 9.17) is 5.26 Å². The highest BCUT2D eigenvalue weighted by atomic mass is 32.2. The van der Waals surface area contributed by atoms with E-state index in [9.17, 15) is 4.79 Å². The van der Waals surface area contributed by atoms with Gasteiger partial charge in [-0.2, -0.15) is 5.26 Å². The fraction of sp³-hybridized carbons (Fsp3) is 0.385. The second-order valence-electron chi connectivity index (χ2n) is 4.90. The van der Waals surface area contributed by atoms with Crippen molar-refractivity contribution >= 4 is 29.0 Å². The first-order chi connectivity index (χ1) is 8.50. The molecule has 0 aliphatic carbocycles. The number of hydrogen-bond donors (Lipinski definition) is 2. The van der Waals surface area contributed by atoms with Gasteiger partial charge in [0, 0.05) is 17.1 Å². The van der Waals surface area contributed by atoms with Crippen LogP contribution >= 0.6 is 11.8 Å². The summed E-state index contributed by atoms with van der Waals surface area (Å²) in [5, 5.41) is 15.0. The first-order valence-corrected chi connectivity index (χ1v) is 6.70. The molecule has 0 spiro atoms. The lowest BCUT2D eigenvalue weighted by Crippen LogP contribution is -2.22. The number of nitriles is 1. The standard InChI is InChI=1S/C13H15N3OS/c1-13(2,7-14)8-15-9-3-4-11-10(5-9)16-12(17)6-18-11/h3-5,15H,6,8H2,1-2H3,(H,16,17). The molecule has 2 rings (SSSR count). The van der Waals surface area contributed by atoms with Crippen LogP contribution in [0.15, 0.2) is 23.1 Å². The van der Waals surface area contributed by atoms with Gasteiger partial charge in [0.1, 0.15) is 0 Å². The minimum atomic E-state index is -0.409. The Bertz CT molecular complexity index is 519. The number of hydrogen-bond acceptors (Lipinski definition) is 4. The summed E-state index contributed by atoms with van der Waals surface area (Å²) in [6.07, 6.45) is 0. The predicted molar refractivity (Wildman–Crippen MR) is 73.7 cm³/mol. The molecule has 1 aromatic carbocycles. The lowest BCUT2D eigenvalue weighted by molar-refractivity contribution is -0.113. The van der Waals surface area contributed by atoms with Gasteiger partial charge in [0.25, 0.3) is 0 Å². The number of rotatable bonds is 3. The number of anilines is 2. The molecule has 1 heterocycles. The van der Waals surface area contributed by atoms with E-state index in [-0.39, 0.29) is 5.91 Å². The number of carbonyl (C=O) groups is 1. The van der Waals surface area contributed by atoms with Crippen molar-refractivity contribution in [2.45, 2.75) is 18.7 Å². The largest absolute Gasteiger partial charge is 0.383 e. The van der Waals surface area contributed by atoms with Crippen molar-refractivity contribution in [3.8, 4) is 6.07 Å². The molecule has 94 valence electrons. The molecule has 0 radical (unpaired) electrons. The number of amides is 1. The summed E-state index contributed by atoms with van der Waals surface area (Å²) < 4.78 is 0. The number of benzene rings is 1. The van der Waals surface area contributed by atoms with Crippen LogP contribution in [0.5, 0.6) is 0 Å². The zero-order chi connectivity index (χ0) is 13.2. The smallest absolute Gasteiger partial charge is 0.234 e. The van der Waals surface area contributed by atoms with Crippen LogP contribution in [-0.4, -0.2) is 18.2 Å². The quantitative estimate of drug-likeness (QED) is 0.878. The van der Waals surface area contributed by atoms with Crippen LogP contribution in [0.25, 0.3) is 0 Å². The maximum absolute atomic E-state index is 11.3. The molecule has 0 fully saturated rings. The molecule has 0 saturated carbocycles. The summed E-state index contributed by atoms with van der Waals surface area (Å²) in [4.78, 5) is 12.4. The SMILES string of the molecule is CC(C)(C#N)CNc1ccc2c(c1)NC(=O)CS2. The molecule has 0 saturated heterocycles. The highest BCUT2D eigenvalue weighted by Gasteiger charge is 2.18. The Hall–Kier alpha value is -1.67. The molecule has 2 N–H and O–H groups in total. The number of nitrogens with zero attached hydrogens (tertiary/aromatic N) is 1. The Morgan fingerprint density at radius 1 is 1.56 bits per heavy atom. The first kappa shape index (κ1) is 12.8. The molecule has 1 aliphatic rings. The molecule has 0 bridgehead atoms. The highest BCUT2D eigenvalue weighted by Crippen LogP contribution is 2.33. The summed E-state index contributed by atoms with van der Waals surface area (Å²) in [5.41, 5.74) is 1.35. The average Bonchev–Trinajstić information content (AvgIpc) is 2.36. The van der Waals surface area contributed by atoms with Gasteiger partial charge < -0.3 is 10.6 Å². The number of fused-ring (bicyclic) bond motifs is 1. The fourth-order valence-electron chi connectivity index (χ4n) is 1.56. The third-order valence-electron chi connectivity index (χ3n) is 2.65. The van der Waals surface area contributed by atoms with Gasteiger partial charge in [-0.3, -0.25) is 4.79 Å². The normalized spacial score (nSPS) is 14.4. The topological polar surface area (TPSA) is 64.9 Å². The van der Waals surface area contributed by atoms with Crippen LogP contribution in [0, 0.1) is 16.7 Å². The van der Waals surface area contributed by atoms with Gasteiger partial charge in [0.15, 0.2) is 0 Å². The summed E-state index contributed by atoms with van der Waals surface area (Å²) >= 11 is 1.54. The van der Waals surface area contributed by atoms with Crippen molar-refractivity contribution in [2.24, 2.45) is 5.41 Å². The van der Waals surface area contributed by atoms with Gasteiger partial charge >= 0.3 is 0 Å². The van der Waals surface area contributed by atoms with E-state index >= 15 is 0 Å². The van der Waals surface area contributed by atoms with Gasteiger partial charge in [-0.1, -0.05) is 0 Å². The van der Waals surface area contributed by atoms with Crippen LogP contribution in [0.3, 0.4) is 0 Å². The minimum absolute atomic E-state index is 0.0296. The third-order valence-corrected chi connectivity index (χ3v) is 3.72. The van der Waals surface area contributed by atoms with E-state index in [1.807, 2.05) is 32.0 Å². The molecular formula is C13H15N3OS. The number of carbonyl (C=O) groups excluding carboxylic acids is 1. The molecule has 4 nitrogen and oxygen atoms in total. The summed E-state index contributed by atoms with van der Waals surface area (Å²) in [7, 11) is 0. The van der Waals surface area contributed by atoms with E-state index in [0.29, 0.717) is 12.3 Å². The van der Waals surface area contributed by atoms with E-state index in [0.717, 1.165) is 16.3 Å². The van der Waals surface area contributed by atoms with E-state index in [2.05, 4.69) is 16.7 Å². The van der Waals surface area contributed by atoms with Crippen LogP contribution < -0.4 is 10.6 Å². The summed E-state index contributed by atoms with van der Waals surface area (Å²) in [5.74, 6) is 0.503. The summed E-state index contributed by atoms with van der Waals surface area (Å²) in [6, 6.07) is 8.11. The Balaban J connectivity index is 2.10. The summed E-state index contributed by atoms with van der Waals surface area (Å²) in [6.45, 7) is 4.34. The molecule has 1 aromatic rings. The lowest BCUT2D eigenvalue weighted by atomic mass is 9.96. The molecule has 0 atom stereocenters. The zero-order valence-electron chi connectivity index (χ0n) is 10.4. The van der Waals surface area contributed by atoms with Crippen molar-refractivity contribution in [3.05, 3.63) is 18.2 Å². The zero-order valence-corrected chi connectivity index (χ0v) is 11.2. The maximum atomic E-state index is 11.3. The molecule has 1 amide bonds. The molecule has 0 unspecified atom stereocenters.